The van der Waals surface area contributed by atoms with Gasteiger partial charge in [-0.2, -0.15) is 0 Å². The van der Waals surface area contributed by atoms with E-state index in [1.165, 1.54) is 7.11 Å². The Hall–Kier alpha value is -2.81. The maximum absolute atomic E-state index is 12.2. The van der Waals surface area contributed by atoms with Gasteiger partial charge in [0.25, 0.3) is 0 Å². The minimum absolute atomic E-state index is 0.0846. The minimum atomic E-state index is -0.638. The molecule has 0 spiro atoms. The van der Waals surface area contributed by atoms with Crippen LogP contribution in [-0.4, -0.2) is 29.3 Å². The van der Waals surface area contributed by atoms with Gasteiger partial charge in [-0.3, -0.25) is 14.9 Å². The summed E-state index contributed by atoms with van der Waals surface area (Å²) in [7, 11) is 1.48. The average molecular weight is 407 g/mol. The number of thiazole rings is 1. The van der Waals surface area contributed by atoms with Crippen molar-refractivity contribution in [3.63, 3.8) is 0 Å². The fourth-order valence-electron chi connectivity index (χ4n) is 2.41. The van der Waals surface area contributed by atoms with Crippen LogP contribution < -0.4 is 20.2 Å². The van der Waals surface area contributed by atoms with E-state index in [1.54, 1.807) is 48.9 Å². The topological polar surface area (TPSA) is 98.7 Å². The van der Waals surface area contributed by atoms with Crippen molar-refractivity contribution in [2.45, 2.75) is 46.3 Å². The van der Waals surface area contributed by atoms with Gasteiger partial charge < -0.3 is 19.4 Å². The maximum atomic E-state index is 12.2. The van der Waals surface area contributed by atoms with Gasteiger partial charge in [-0.1, -0.05) is 11.3 Å². The number of carbonyl (C=O) groups excluding carboxylic acids is 2. The first-order valence-electron chi connectivity index (χ1n) is 8.72. The van der Waals surface area contributed by atoms with E-state index >= 15 is 0 Å². The van der Waals surface area contributed by atoms with E-state index in [-0.39, 0.29) is 17.2 Å². The predicted octanol–water partition coefficient (Wildman–Crippen LogP) is 3.60. The van der Waals surface area contributed by atoms with E-state index in [1.807, 2.05) is 6.92 Å². The number of amides is 2. The average Bonchev–Trinajstić information content (AvgIpc) is 2.90. The van der Waals surface area contributed by atoms with Crippen LogP contribution in [0.5, 0.6) is 5.75 Å². The third-order valence-electron chi connectivity index (χ3n) is 3.66. The number of aromatic nitrogens is 1. The molecule has 28 heavy (non-hydrogen) atoms. The highest BCUT2D eigenvalue weighted by Crippen LogP contribution is 2.28. The zero-order valence-electron chi connectivity index (χ0n) is 16.6. The number of benzene rings is 1. The highest BCUT2D eigenvalue weighted by atomic mass is 32.1. The van der Waals surface area contributed by atoms with Crippen LogP contribution in [0.4, 0.5) is 16.2 Å². The van der Waals surface area contributed by atoms with E-state index in [0.717, 1.165) is 17.0 Å². The number of hydrogen-bond donors (Lipinski definition) is 2. The molecule has 2 rings (SSSR count). The lowest BCUT2D eigenvalue weighted by atomic mass is 10.2. The van der Waals surface area contributed by atoms with E-state index in [4.69, 9.17) is 9.47 Å². The van der Waals surface area contributed by atoms with Gasteiger partial charge in [-0.25, -0.2) is 4.79 Å². The highest BCUT2D eigenvalue weighted by Gasteiger charge is 2.18. The number of ether oxygens (including phenoxy) is 2. The quantitative estimate of drug-likeness (QED) is 0.762. The van der Waals surface area contributed by atoms with Gasteiger partial charge in [0.05, 0.1) is 12.8 Å². The summed E-state index contributed by atoms with van der Waals surface area (Å²) in [6.07, 6.45) is -0.472. The first kappa shape index (κ1) is 21.5. The zero-order valence-corrected chi connectivity index (χ0v) is 17.4. The second-order valence-electron chi connectivity index (χ2n) is 7.13. The number of nitrogens with zero attached hydrogens (tertiary/aromatic N) is 1. The highest BCUT2D eigenvalue weighted by molar-refractivity contribution is 7.07. The lowest BCUT2D eigenvalue weighted by Crippen LogP contribution is -2.27. The molecule has 0 bridgehead atoms. The third kappa shape index (κ3) is 6.12. The number of carbonyl (C=O) groups is 2. The number of aryl methyl sites for hydroxylation is 1. The second kappa shape index (κ2) is 8.92. The second-order valence-corrected chi connectivity index (χ2v) is 7.96. The van der Waals surface area contributed by atoms with Crippen molar-refractivity contribution in [2.24, 2.45) is 0 Å². The summed E-state index contributed by atoms with van der Waals surface area (Å²) in [5.41, 5.74) is 1.06. The van der Waals surface area contributed by atoms with Gasteiger partial charge in [0.1, 0.15) is 11.4 Å². The largest absolute Gasteiger partial charge is 0.495 e. The van der Waals surface area contributed by atoms with Crippen molar-refractivity contribution in [1.29, 1.82) is 0 Å². The molecule has 2 amide bonds. The molecule has 9 heteroatoms. The van der Waals surface area contributed by atoms with Gasteiger partial charge in [-0.15, -0.1) is 0 Å². The van der Waals surface area contributed by atoms with E-state index in [0.29, 0.717) is 23.7 Å². The first-order chi connectivity index (χ1) is 13.1. The van der Waals surface area contributed by atoms with E-state index in [9.17, 15) is 14.4 Å². The Bertz CT molecular complexity index is 911. The van der Waals surface area contributed by atoms with Crippen LogP contribution in [0.25, 0.3) is 0 Å². The van der Waals surface area contributed by atoms with Crippen molar-refractivity contribution in [3.05, 3.63) is 38.9 Å². The summed E-state index contributed by atoms with van der Waals surface area (Å²) in [5, 5.41) is 7.14. The molecule has 0 unspecified atom stereocenters. The summed E-state index contributed by atoms with van der Waals surface area (Å²) < 4.78 is 12.0. The Morgan fingerprint density at radius 1 is 1.21 bits per heavy atom. The fourth-order valence-corrected chi connectivity index (χ4v) is 3.17. The molecule has 0 aliphatic rings. The molecule has 2 N–H and O–H groups in total. The summed E-state index contributed by atoms with van der Waals surface area (Å²) in [6, 6.07) is 4.89. The van der Waals surface area contributed by atoms with Crippen molar-refractivity contribution < 1.29 is 19.1 Å². The van der Waals surface area contributed by atoms with E-state index < -0.39 is 11.7 Å². The predicted molar refractivity (Wildman–Crippen MR) is 109 cm³/mol. The Labute approximate surface area is 167 Å². The molecule has 0 aliphatic heterocycles. The molecular formula is C19H25N3O5S. The number of rotatable bonds is 6. The molecule has 0 fully saturated rings. The molecule has 0 aliphatic carbocycles. The van der Waals surface area contributed by atoms with Crippen molar-refractivity contribution in [3.8, 4) is 5.75 Å². The Balaban J connectivity index is 2.04. The van der Waals surface area contributed by atoms with Crippen LogP contribution in [0.3, 0.4) is 0 Å². The smallest absolute Gasteiger partial charge is 0.412 e. The third-order valence-corrected chi connectivity index (χ3v) is 4.54. The molecule has 1 aromatic heterocycles. The van der Waals surface area contributed by atoms with Crippen LogP contribution >= 0.6 is 11.3 Å². The molecule has 0 radical (unpaired) electrons. The fraction of sp³-hybridized carbons (Fsp3) is 0.421. The molecule has 0 saturated heterocycles. The van der Waals surface area contributed by atoms with Gasteiger partial charge in [-0.05, 0) is 45.9 Å². The molecular weight excluding hydrogens is 382 g/mol. The van der Waals surface area contributed by atoms with Crippen LogP contribution in [-0.2, 0) is 16.1 Å². The van der Waals surface area contributed by atoms with Crippen LogP contribution in [0.1, 0.15) is 32.9 Å². The number of nitrogens with one attached hydrogen (secondary N) is 2. The molecule has 2 aromatic rings. The number of methoxy groups -OCH3 is 1. The van der Waals surface area contributed by atoms with Gasteiger partial charge in [0, 0.05) is 29.7 Å². The summed E-state index contributed by atoms with van der Waals surface area (Å²) in [4.78, 5) is 35.9. The minimum Gasteiger partial charge on any atom is -0.495 e. The molecule has 8 nitrogen and oxygen atoms in total. The van der Waals surface area contributed by atoms with Crippen molar-refractivity contribution >= 4 is 34.7 Å². The van der Waals surface area contributed by atoms with Crippen LogP contribution in [0.2, 0.25) is 0 Å². The maximum Gasteiger partial charge on any atom is 0.412 e. The first-order valence-corrected chi connectivity index (χ1v) is 9.60. The number of anilines is 2. The van der Waals surface area contributed by atoms with E-state index in [2.05, 4.69) is 10.6 Å². The summed E-state index contributed by atoms with van der Waals surface area (Å²) >= 11 is 1.11. The van der Waals surface area contributed by atoms with Crippen molar-refractivity contribution in [2.75, 3.05) is 17.7 Å². The van der Waals surface area contributed by atoms with Crippen LogP contribution in [0.15, 0.2) is 28.4 Å². The molecule has 152 valence electrons. The number of hydrogen-bond acceptors (Lipinski definition) is 6. The van der Waals surface area contributed by atoms with Gasteiger partial charge in [0.15, 0.2) is 0 Å². The molecule has 1 aromatic carbocycles. The summed E-state index contributed by atoms with van der Waals surface area (Å²) in [6.45, 7) is 7.43. The Morgan fingerprint density at radius 3 is 2.50 bits per heavy atom. The monoisotopic (exact) mass is 407 g/mol. The van der Waals surface area contributed by atoms with Crippen LogP contribution in [0, 0.1) is 6.92 Å². The van der Waals surface area contributed by atoms with Gasteiger partial charge in [0.2, 0.25) is 5.91 Å². The Kier molecular flexibility index (Phi) is 6.85. The molecule has 0 atom stereocenters. The zero-order chi connectivity index (χ0) is 20.9. The molecule has 1 heterocycles. The standard InChI is InChI=1S/C19H25N3O5S/c1-12-11-28-18(25)22(12)9-8-16(23)20-13-6-7-15(26-5)14(10-13)21-17(24)27-19(2,3)4/h6-7,10-11H,8-9H2,1-5H3,(H,20,23)(H,21,24). The SMILES string of the molecule is COc1ccc(NC(=O)CCn2c(C)csc2=O)cc1NC(=O)OC(C)(C)C. The van der Waals surface area contributed by atoms with Gasteiger partial charge >= 0.3 is 11.0 Å². The lowest BCUT2D eigenvalue weighted by molar-refractivity contribution is -0.116. The lowest BCUT2D eigenvalue weighted by Gasteiger charge is -2.20. The normalized spacial score (nSPS) is 11.0. The summed E-state index contributed by atoms with van der Waals surface area (Å²) in [5.74, 6) is 0.190. The molecule has 0 saturated carbocycles. The Morgan fingerprint density at radius 2 is 1.93 bits per heavy atom. The van der Waals surface area contributed by atoms with Crippen molar-refractivity contribution in [1.82, 2.24) is 4.57 Å².